The molecule has 2 unspecified atom stereocenters. The van der Waals surface area contributed by atoms with Crippen molar-refractivity contribution in [2.45, 2.75) is 32.6 Å². The lowest BCUT2D eigenvalue weighted by atomic mass is 9.79. The fourth-order valence-corrected chi connectivity index (χ4v) is 4.44. The minimum atomic E-state index is -0.468. The molecule has 2 aliphatic heterocycles. The van der Waals surface area contributed by atoms with E-state index in [1.54, 1.807) is 0 Å². The van der Waals surface area contributed by atoms with Gasteiger partial charge in [-0.3, -0.25) is 9.59 Å². The Morgan fingerprint density at radius 3 is 2.56 bits per heavy atom. The minimum Gasteiger partial charge on any atom is -0.342 e. The third kappa shape index (κ3) is 5.02. The van der Waals surface area contributed by atoms with Gasteiger partial charge in [0.05, 0.1) is 5.41 Å². The first-order valence-corrected chi connectivity index (χ1v) is 9.82. The van der Waals surface area contributed by atoms with E-state index in [-0.39, 0.29) is 24.2 Å². The van der Waals surface area contributed by atoms with Crippen molar-refractivity contribution in [1.29, 1.82) is 0 Å². The summed E-state index contributed by atoms with van der Waals surface area (Å²) in [7, 11) is 1.97. The number of hydrogen-bond acceptors (Lipinski definition) is 3. The van der Waals surface area contributed by atoms with E-state index in [9.17, 15) is 9.59 Å². The van der Waals surface area contributed by atoms with Crippen LogP contribution in [-0.4, -0.2) is 61.4 Å². The number of nitrogens with zero attached hydrogens (tertiary/aromatic N) is 2. The molecule has 1 aromatic rings. The molecule has 2 atom stereocenters. The van der Waals surface area contributed by atoms with E-state index in [2.05, 4.69) is 5.32 Å². The molecular formula is C21H32ClN3O2. The van der Waals surface area contributed by atoms with Gasteiger partial charge >= 0.3 is 0 Å². The molecule has 6 heteroatoms. The molecule has 1 N–H and O–H groups in total. The molecule has 1 aromatic carbocycles. The van der Waals surface area contributed by atoms with Crippen LogP contribution in [0.25, 0.3) is 0 Å². The summed E-state index contributed by atoms with van der Waals surface area (Å²) in [6, 6.07) is 9.39. The summed E-state index contributed by atoms with van der Waals surface area (Å²) in [6.07, 6.45) is 3.99. The van der Waals surface area contributed by atoms with Gasteiger partial charge in [-0.25, -0.2) is 0 Å². The van der Waals surface area contributed by atoms with E-state index >= 15 is 0 Å². The maximum absolute atomic E-state index is 13.3. The standard InChI is InChI=1S/C21H31N3O2.ClH/c1-21(20(26)23-12-6-8-17(15-23)14-22-2)11-7-13-24(16-21)19(25)18-9-4-3-5-10-18;/h3-5,9-10,17,22H,6-8,11-16H2,1-2H3;1H. The molecule has 0 aliphatic carbocycles. The predicted molar refractivity (Wildman–Crippen MR) is 110 cm³/mol. The highest BCUT2D eigenvalue weighted by Gasteiger charge is 2.42. The summed E-state index contributed by atoms with van der Waals surface area (Å²) in [5.41, 5.74) is 0.237. The zero-order valence-corrected chi connectivity index (χ0v) is 17.3. The third-order valence-corrected chi connectivity index (χ3v) is 5.82. The van der Waals surface area contributed by atoms with Gasteiger partial charge in [-0.1, -0.05) is 18.2 Å². The Balaban J connectivity index is 0.00000261. The van der Waals surface area contributed by atoms with Crippen LogP contribution in [0.2, 0.25) is 0 Å². The zero-order chi connectivity index (χ0) is 18.6. The number of amides is 2. The van der Waals surface area contributed by atoms with Crippen molar-refractivity contribution in [2.24, 2.45) is 11.3 Å². The van der Waals surface area contributed by atoms with Crippen molar-refractivity contribution in [3.8, 4) is 0 Å². The molecule has 3 rings (SSSR count). The Bertz CT molecular complexity index is 638. The van der Waals surface area contributed by atoms with Gasteiger partial charge in [-0.15, -0.1) is 12.4 Å². The van der Waals surface area contributed by atoms with Crippen molar-refractivity contribution < 1.29 is 9.59 Å². The van der Waals surface area contributed by atoms with Gasteiger partial charge in [-0.05, 0) is 64.3 Å². The maximum Gasteiger partial charge on any atom is 0.253 e. The molecule has 150 valence electrons. The van der Waals surface area contributed by atoms with Crippen molar-refractivity contribution in [1.82, 2.24) is 15.1 Å². The quantitative estimate of drug-likeness (QED) is 0.855. The van der Waals surface area contributed by atoms with E-state index in [0.29, 0.717) is 18.0 Å². The van der Waals surface area contributed by atoms with E-state index in [1.807, 2.05) is 54.1 Å². The Labute approximate surface area is 168 Å². The summed E-state index contributed by atoms with van der Waals surface area (Å²) >= 11 is 0. The number of piperidine rings is 2. The SMILES string of the molecule is CNCC1CCCN(C(=O)C2(C)CCCN(C(=O)c3ccccc3)C2)C1.Cl. The van der Waals surface area contributed by atoms with Gasteiger partial charge in [0.1, 0.15) is 0 Å². The summed E-state index contributed by atoms with van der Waals surface area (Å²) in [6.45, 7) is 5.94. The van der Waals surface area contributed by atoms with Crippen molar-refractivity contribution >= 4 is 24.2 Å². The second-order valence-corrected chi connectivity index (χ2v) is 8.07. The van der Waals surface area contributed by atoms with Gasteiger partial charge in [0, 0.05) is 31.7 Å². The molecule has 2 heterocycles. The summed E-state index contributed by atoms with van der Waals surface area (Å²) < 4.78 is 0. The molecule has 0 radical (unpaired) electrons. The zero-order valence-electron chi connectivity index (χ0n) is 16.4. The summed E-state index contributed by atoms with van der Waals surface area (Å²) in [5, 5.41) is 3.24. The number of halogens is 1. The van der Waals surface area contributed by atoms with E-state index in [4.69, 9.17) is 0 Å². The van der Waals surface area contributed by atoms with Gasteiger partial charge in [0.2, 0.25) is 5.91 Å². The Morgan fingerprint density at radius 1 is 1.15 bits per heavy atom. The summed E-state index contributed by atoms with van der Waals surface area (Å²) in [4.78, 5) is 30.0. The first-order valence-electron chi connectivity index (χ1n) is 9.82. The van der Waals surface area contributed by atoms with Gasteiger partial charge in [0.25, 0.3) is 5.91 Å². The second kappa shape index (κ2) is 9.56. The molecular weight excluding hydrogens is 362 g/mol. The molecule has 2 amide bonds. The highest BCUT2D eigenvalue weighted by atomic mass is 35.5. The first-order chi connectivity index (χ1) is 12.5. The number of likely N-dealkylation sites (tertiary alicyclic amines) is 2. The molecule has 5 nitrogen and oxygen atoms in total. The third-order valence-electron chi connectivity index (χ3n) is 5.82. The van der Waals surface area contributed by atoms with Crippen LogP contribution in [0.3, 0.4) is 0 Å². The normalized spacial score (nSPS) is 25.6. The molecule has 2 saturated heterocycles. The van der Waals surface area contributed by atoms with Crippen LogP contribution >= 0.6 is 12.4 Å². The number of hydrogen-bond donors (Lipinski definition) is 1. The van der Waals surface area contributed by atoms with Gasteiger partial charge in [-0.2, -0.15) is 0 Å². The lowest BCUT2D eigenvalue weighted by molar-refractivity contribution is -0.145. The number of benzene rings is 1. The van der Waals surface area contributed by atoms with Crippen LogP contribution < -0.4 is 5.32 Å². The average Bonchev–Trinajstić information content (AvgIpc) is 2.68. The smallest absolute Gasteiger partial charge is 0.253 e. The van der Waals surface area contributed by atoms with E-state index in [1.165, 1.54) is 6.42 Å². The van der Waals surface area contributed by atoms with Crippen molar-refractivity contribution in [3.63, 3.8) is 0 Å². The van der Waals surface area contributed by atoms with Gasteiger partial charge < -0.3 is 15.1 Å². The van der Waals surface area contributed by atoms with Crippen LogP contribution in [0.4, 0.5) is 0 Å². The highest BCUT2D eigenvalue weighted by molar-refractivity contribution is 5.95. The molecule has 0 aromatic heterocycles. The number of rotatable bonds is 4. The monoisotopic (exact) mass is 393 g/mol. The molecule has 0 bridgehead atoms. The molecule has 27 heavy (non-hydrogen) atoms. The first kappa shape index (κ1) is 21.7. The molecule has 2 aliphatic rings. The van der Waals surface area contributed by atoms with Crippen LogP contribution in [0.5, 0.6) is 0 Å². The van der Waals surface area contributed by atoms with Crippen LogP contribution in [-0.2, 0) is 4.79 Å². The second-order valence-electron chi connectivity index (χ2n) is 8.07. The maximum atomic E-state index is 13.3. The minimum absolute atomic E-state index is 0. The van der Waals surface area contributed by atoms with E-state index < -0.39 is 5.41 Å². The number of carbonyl (C=O) groups excluding carboxylic acids is 2. The van der Waals surface area contributed by atoms with Crippen molar-refractivity contribution in [3.05, 3.63) is 35.9 Å². The van der Waals surface area contributed by atoms with Gasteiger partial charge in [0.15, 0.2) is 0 Å². The Kier molecular flexibility index (Phi) is 7.68. The summed E-state index contributed by atoms with van der Waals surface area (Å²) in [5.74, 6) is 0.798. The molecule has 0 spiro atoms. The Hall–Kier alpha value is -1.59. The fraction of sp³-hybridized carbons (Fsp3) is 0.619. The largest absolute Gasteiger partial charge is 0.342 e. The topological polar surface area (TPSA) is 52.7 Å². The Morgan fingerprint density at radius 2 is 1.85 bits per heavy atom. The average molecular weight is 394 g/mol. The predicted octanol–water partition coefficient (Wildman–Crippen LogP) is 2.81. The number of nitrogens with one attached hydrogen (secondary N) is 1. The lowest BCUT2D eigenvalue weighted by Gasteiger charge is -2.44. The van der Waals surface area contributed by atoms with Crippen LogP contribution in [0.1, 0.15) is 43.0 Å². The number of carbonyl (C=O) groups is 2. The lowest BCUT2D eigenvalue weighted by Crippen LogP contribution is -2.55. The highest BCUT2D eigenvalue weighted by Crippen LogP contribution is 2.33. The van der Waals surface area contributed by atoms with Crippen LogP contribution in [0, 0.1) is 11.3 Å². The van der Waals surface area contributed by atoms with E-state index in [0.717, 1.165) is 45.4 Å². The molecule has 2 fully saturated rings. The fourth-order valence-electron chi connectivity index (χ4n) is 4.44. The molecule has 0 saturated carbocycles. The van der Waals surface area contributed by atoms with Crippen LogP contribution in [0.15, 0.2) is 30.3 Å². The van der Waals surface area contributed by atoms with Crippen molar-refractivity contribution in [2.75, 3.05) is 39.8 Å².